The van der Waals surface area contributed by atoms with Crippen molar-refractivity contribution in [3.63, 3.8) is 0 Å². The molecule has 0 radical (unpaired) electrons. The Morgan fingerprint density at radius 3 is 2.59 bits per heavy atom. The van der Waals surface area contributed by atoms with Gasteiger partial charge in [-0.2, -0.15) is 0 Å². The summed E-state index contributed by atoms with van der Waals surface area (Å²) in [6.07, 6.45) is 2.54. The number of anilines is 1. The summed E-state index contributed by atoms with van der Waals surface area (Å²) < 4.78 is 31.4. The van der Waals surface area contributed by atoms with E-state index in [1.807, 2.05) is 36.1 Å². The molecule has 0 spiro atoms. The molecule has 172 valence electrons. The molecule has 0 saturated carbocycles. The van der Waals surface area contributed by atoms with Crippen LogP contribution in [0, 0.1) is 0 Å². The van der Waals surface area contributed by atoms with Crippen LogP contribution in [0.1, 0.15) is 30.9 Å². The van der Waals surface area contributed by atoms with Gasteiger partial charge in [-0.05, 0) is 36.6 Å². The zero-order chi connectivity index (χ0) is 23.1. The lowest BCUT2D eigenvalue weighted by molar-refractivity contribution is -0.128. The zero-order valence-corrected chi connectivity index (χ0v) is 19.2. The number of sulfonamides is 1. The van der Waals surface area contributed by atoms with Crippen molar-refractivity contribution in [2.24, 2.45) is 0 Å². The summed E-state index contributed by atoms with van der Waals surface area (Å²) in [6.45, 7) is 3.40. The maximum absolute atomic E-state index is 12.6. The summed E-state index contributed by atoms with van der Waals surface area (Å²) in [6, 6.07) is 14.4. The van der Waals surface area contributed by atoms with Gasteiger partial charge in [0.25, 0.3) is 0 Å². The number of nitrogens with zero attached hydrogens (tertiary/aromatic N) is 2. The molecule has 1 heterocycles. The van der Waals surface area contributed by atoms with Crippen molar-refractivity contribution >= 4 is 27.5 Å². The SMILES string of the molecule is CCOc1ccccc1N(CC(=O)NCc1cccc(CN2CCCC2=O)c1)S(C)(=O)=O. The highest BCUT2D eigenvalue weighted by atomic mass is 32.2. The van der Waals surface area contributed by atoms with E-state index in [1.54, 1.807) is 24.3 Å². The largest absolute Gasteiger partial charge is 0.492 e. The van der Waals surface area contributed by atoms with E-state index in [-0.39, 0.29) is 19.0 Å². The molecule has 0 atom stereocenters. The first-order valence-electron chi connectivity index (χ1n) is 10.6. The van der Waals surface area contributed by atoms with E-state index >= 15 is 0 Å². The van der Waals surface area contributed by atoms with E-state index < -0.39 is 15.9 Å². The normalized spacial score (nSPS) is 13.8. The number of para-hydroxylation sites is 2. The zero-order valence-electron chi connectivity index (χ0n) is 18.4. The fourth-order valence-electron chi connectivity index (χ4n) is 3.64. The summed E-state index contributed by atoms with van der Waals surface area (Å²) in [4.78, 5) is 26.3. The Balaban J connectivity index is 1.65. The molecule has 8 nitrogen and oxygen atoms in total. The quantitative estimate of drug-likeness (QED) is 0.588. The van der Waals surface area contributed by atoms with E-state index in [4.69, 9.17) is 4.74 Å². The van der Waals surface area contributed by atoms with Gasteiger partial charge in [-0.1, -0.05) is 36.4 Å². The Labute approximate surface area is 189 Å². The molecule has 9 heteroatoms. The van der Waals surface area contributed by atoms with Crippen LogP contribution in [0.3, 0.4) is 0 Å². The van der Waals surface area contributed by atoms with Crippen LogP contribution in [-0.2, 0) is 32.7 Å². The minimum absolute atomic E-state index is 0.164. The first-order chi connectivity index (χ1) is 15.3. The predicted octanol–water partition coefficient (Wildman–Crippen LogP) is 2.29. The van der Waals surface area contributed by atoms with Crippen LogP contribution in [0.25, 0.3) is 0 Å². The average molecular weight is 460 g/mol. The Hall–Kier alpha value is -3.07. The van der Waals surface area contributed by atoms with Gasteiger partial charge >= 0.3 is 0 Å². The van der Waals surface area contributed by atoms with Gasteiger partial charge in [0.2, 0.25) is 21.8 Å². The second-order valence-electron chi connectivity index (χ2n) is 7.69. The molecule has 1 fully saturated rings. The molecule has 1 N–H and O–H groups in total. The number of hydrogen-bond acceptors (Lipinski definition) is 5. The number of nitrogens with one attached hydrogen (secondary N) is 1. The molecular weight excluding hydrogens is 430 g/mol. The van der Waals surface area contributed by atoms with Crippen molar-refractivity contribution in [2.75, 3.05) is 30.3 Å². The minimum Gasteiger partial charge on any atom is -0.492 e. The number of rotatable bonds is 10. The summed E-state index contributed by atoms with van der Waals surface area (Å²) >= 11 is 0. The van der Waals surface area contributed by atoms with E-state index in [2.05, 4.69) is 5.32 Å². The van der Waals surface area contributed by atoms with Crippen molar-refractivity contribution < 1.29 is 22.7 Å². The third kappa shape index (κ3) is 6.23. The topological polar surface area (TPSA) is 96.0 Å². The minimum atomic E-state index is -3.71. The molecule has 0 unspecified atom stereocenters. The third-order valence-electron chi connectivity index (χ3n) is 5.15. The molecule has 32 heavy (non-hydrogen) atoms. The third-order valence-corrected chi connectivity index (χ3v) is 6.27. The van der Waals surface area contributed by atoms with E-state index in [9.17, 15) is 18.0 Å². The first kappa shape index (κ1) is 23.6. The number of amides is 2. The van der Waals surface area contributed by atoms with Crippen molar-refractivity contribution in [2.45, 2.75) is 32.9 Å². The Morgan fingerprint density at radius 1 is 1.16 bits per heavy atom. The lowest BCUT2D eigenvalue weighted by Gasteiger charge is -2.24. The molecule has 0 bridgehead atoms. The van der Waals surface area contributed by atoms with E-state index in [0.29, 0.717) is 31.0 Å². The summed E-state index contributed by atoms with van der Waals surface area (Å²) in [5.41, 5.74) is 2.20. The molecule has 2 amide bonds. The Morgan fingerprint density at radius 2 is 1.91 bits per heavy atom. The van der Waals surface area contributed by atoms with Crippen molar-refractivity contribution in [1.29, 1.82) is 0 Å². The van der Waals surface area contributed by atoms with Crippen molar-refractivity contribution in [3.05, 3.63) is 59.7 Å². The number of carbonyl (C=O) groups is 2. The highest BCUT2D eigenvalue weighted by molar-refractivity contribution is 7.92. The maximum Gasteiger partial charge on any atom is 0.241 e. The van der Waals surface area contributed by atoms with Crippen LogP contribution >= 0.6 is 0 Å². The molecule has 3 rings (SSSR count). The van der Waals surface area contributed by atoms with Crippen LogP contribution in [0.5, 0.6) is 5.75 Å². The summed E-state index contributed by atoms with van der Waals surface area (Å²) in [7, 11) is -3.71. The summed E-state index contributed by atoms with van der Waals surface area (Å²) in [5, 5.41) is 2.79. The monoisotopic (exact) mass is 459 g/mol. The first-order valence-corrected chi connectivity index (χ1v) is 12.4. The molecule has 0 aromatic heterocycles. The molecule has 2 aromatic rings. The standard InChI is InChI=1S/C23H29N3O5S/c1-3-31-21-11-5-4-10-20(21)26(32(2,29)30)17-22(27)24-15-18-8-6-9-19(14-18)16-25-13-7-12-23(25)28/h4-6,8-11,14H,3,7,12-13,15-17H2,1-2H3,(H,24,27). The summed E-state index contributed by atoms with van der Waals surface area (Å²) in [5.74, 6) is 0.135. The van der Waals surface area contributed by atoms with Gasteiger partial charge < -0.3 is 15.0 Å². The molecule has 1 aliphatic heterocycles. The van der Waals surface area contributed by atoms with Crippen LogP contribution in [-0.4, -0.2) is 51.1 Å². The van der Waals surface area contributed by atoms with Gasteiger partial charge in [-0.25, -0.2) is 8.42 Å². The number of likely N-dealkylation sites (tertiary alicyclic amines) is 1. The molecule has 0 aliphatic carbocycles. The van der Waals surface area contributed by atoms with Gasteiger partial charge in [-0.15, -0.1) is 0 Å². The van der Waals surface area contributed by atoms with Crippen molar-refractivity contribution in [3.8, 4) is 5.75 Å². The van der Waals surface area contributed by atoms with Gasteiger partial charge in [0.1, 0.15) is 12.3 Å². The molecule has 1 saturated heterocycles. The van der Waals surface area contributed by atoms with Crippen LogP contribution < -0.4 is 14.4 Å². The number of benzene rings is 2. The van der Waals surface area contributed by atoms with Gasteiger partial charge in [0.15, 0.2) is 0 Å². The fraction of sp³-hybridized carbons (Fsp3) is 0.391. The number of carbonyl (C=O) groups excluding carboxylic acids is 2. The lowest BCUT2D eigenvalue weighted by atomic mass is 10.1. The van der Waals surface area contributed by atoms with Gasteiger partial charge in [0.05, 0.1) is 18.6 Å². The van der Waals surface area contributed by atoms with Gasteiger partial charge in [0, 0.05) is 26.1 Å². The highest BCUT2D eigenvalue weighted by Crippen LogP contribution is 2.29. The fourth-order valence-corrected chi connectivity index (χ4v) is 4.50. The van der Waals surface area contributed by atoms with E-state index in [0.717, 1.165) is 34.7 Å². The smallest absolute Gasteiger partial charge is 0.241 e. The maximum atomic E-state index is 12.6. The Bertz CT molecular complexity index is 1070. The molecule has 1 aliphatic rings. The lowest BCUT2D eigenvalue weighted by Crippen LogP contribution is -2.40. The molecule has 2 aromatic carbocycles. The highest BCUT2D eigenvalue weighted by Gasteiger charge is 2.24. The van der Waals surface area contributed by atoms with Crippen LogP contribution in [0.4, 0.5) is 5.69 Å². The number of hydrogen-bond donors (Lipinski definition) is 1. The van der Waals surface area contributed by atoms with Crippen LogP contribution in [0.15, 0.2) is 48.5 Å². The Kier molecular flexibility index (Phi) is 7.74. The second-order valence-corrected chi connectivity index (χ2v) is 9.59. The molecular formula is C23H29N3O5S. The van der Waals surface area contributed by atoms with E-state index in [1.165, 1.54) is 0 Å². The average Bonchev–Trinajstić information content (AvgIpc) is 3.15. The second kappa shape index (κ2) is 10.5. The van der Waals surface area contributed by atoms with Gasteiger partial charge in [-0.3, -0.25) is 13.9 Å². The predicted molar refractivity (Wildman–Crippen MR) is 123 cm³/mol. The van der Waals surface area contributed by atoms with Crippen molar-refractivity contribution in [1.82, 2.24) is 10.2 Å². The van der Waals surface area contributed by atoms with Crippen LogP contribution in [0.2, 0.25) is 0 Å². The number of ether oxygens (including phenoxy) is 1.